The summed E-state index contributed by atoms with van der Waals surface area (Å²) in [6, 6.07) is 0. The van der Waals surface area contributed by atoms with Crippen molar-refractivity contribution in [3.63, 3.8) is 0 Å². The molecule has 2 amide bonds. The van der Waals surface area contributed by atoms with E-state index in [-0.39, 0.29) is 5.91 Å². The lowest BCUT2D eigenvalue weighted by Crippen LogP contribution is -2.32. The molecular formula is C9H14N2O4. The van der Waals surface area contributed by atoms with E-state index in [0.717, 1.165) is 12.2 Å². The largest absolute Gasteiger partial charge is 0.466 e. The number of rotatable bonds is 5. The summed E-state index contributed by atoms with van der Waals surface area (Å²) in [5, 5.41) is 4.98. The van der Waals surface area contributed by atoms with Crippen molar-refractivity contribution < 1.29 is 19.1 Å². The van der Waals surface area contributed by atoms with Gasteiger partial charge < -0.3 is 15.4 Å². The number of methoxy groups -OCH3 is 1. The molecule has 0 rings (SSSR count). The normalized spacial score (nSPS) is 9.73. The highest BCUT2D eigenvalue weighted by atomic mass is 16.5. The van der Waals surface area contributed by atoms with E-state index in [1.165, 1.54) is 14.0 Å². The molecule has 0 aliphatic rings. The highest BCUT2D eigenvalue weighted by molar-refractivity contribution is 5.94. The molecule has 15 heavy (non-hydrogen) atoms. The zero-order valence-corrected chi connectivity index (χ0v) is 8.70. The van der Waals surface area contributed by atoms with Gasteiger partial charge in [-0.25, -0.2) is 4.79 Å². The summed E-state index contributed by atoms with van der Waals surface area (Å²) in [7, 11) is 1.22. The molecule has 0 radical (unpaired) electrons. The summed E-state index contributed by atoms with van der Waals surface area (Å²) in [6.45, 7) is 2.05. The van der Waals surface area contributed by atoms with Crippen LogP contribution in [0.5, 0.6) is 0 Å². The van der Waals surface area contributed by atoms with E-state index in [1.54, 1.807) is 0 Å². The van der Waals surface area contributed by atoms with Crippen LogP contribution in [0.3, 0.4) is 0 Å². The molecule has 6 nitrogen and oxygen atoms in total. The Balaban J connectivity index is 3.62. The predicted molar refractivity (Wildman–Crippen MR) is 52.8 cm³/mol. The molecule has 0 aliphatic carbocycles. The first-order valence-electron chi connectivity index (χ1n) is 4.34. The summed E-state index contributed by atoms with van der Waals surface area (Å²) in [6.07, 6.45) is 2.09. The molecule has 0 unspecified atom stereocenters. The Morgan fingerprint density at radius 1 is 1.13 bits per heavy atom. The molecule has 0 bridgehead atoms. The molecule has 0 spiro atoms. The lowest BCUT2D eigenvalue weighted by atomic mass is 10.4. The van der Waals surface area contributed by atoms with Gasteiger partial charge in [0, 0.05) is 32.2 Å². The number of hydrogen-bond donors (Lipinski definition) is 2. The maximum absolute atomic E-state index is 11.0. The van der Waals surface area contributed by atoms with Crippen LogP contribution < -0.4 is 10.6 Å². The number of nitrogens with one attached hydrogen (secondary N) is 2. The molecule has 0 atom stereocenters. The third-order valence-corrected chi connectivity index (χ3v) is 1.37. The third-order valence-electron chi connectivity index (χ3n) is 1.37. The standard InChI is InChI=1S/C9H14N2O4/c1-7(12)10-5-6-11-8(13)3-4-9(14)15-2/h3-4H,5-6H2,1-2H3,(H,10,12)(H,11,13)/b4-3+. The SMILES string of the molecule is COC(=O)/C=C/C(=O)NCCNC(C)=O. The second kappa shape index (κ2) is 7.54. The Kier molecular flexibility index (Phi) is 6.61. The second-order valence-electron chi connectivity index (χ2n) is 2.63. The van der Waals surface area contributed by atoms with Crippen LogP contribution in [-0.2, 0) is 19.1 Å². The van der Waals surface area contributed by atoms with Gasteiger partial charge in [-0.05, 0) is 0 Å². The molecule has 0 aromatic carbocycles. The zero-order valence-electron chi connectivity index (χ0n) is 8.70. The third kappa shape index (κ3) is 8.48. The first kappa shape index (κ1) is 13.2. The second-order valence-corrected chi connectivity index (χ2v) is 2.63. The molecular weight excluding hydrogens is 200 g/mol. The molecule has 0 heterocycles. The molecule has 6 heteroatoms. The van der Waals surface area contributed by atoms with E-state index in [2.05, 4.69) is 15.4 Å². The number of ether oxygens (including phenoxy) is 1. The topological polar surface area (TPSA) is 84.5 Å². The summed E-state index contributed by atoms with van der Waals surface area (Å²) < 4.78 is 4.29. The minimum Gasteiger partial charge on any atom is -0.466 e. The molecule has 0 aliphatic heterocycles. The predicted octanol–water partition coefficient (Wildman–Crippen LogP) is -1.03. The van der Waals surface area contributed by atoms with Gasteiger partial charge in [0.15, 0.2) is 0 Å². The van der Waals surface area contributed by atoms with Gasteiger partial charge in [-0.2, -0.15) is 0 Å². The van der Waals surface area contributed by atoms with Crippen LogP contribution in [0.4, 0.5) is 0 Å². The number of carbonyl (C=O) groups is 3. The molecule has 0 saturated carbocycles. The average Bonchev–Trinajstić information content (AvgIpc) is 2.20. The molecule has 84 valence electrons. The van der Waals surface area contributed by atoms with Crippen molar-refractivity contribution in [2.45, 2.75) is 6.92 Å². The summed E-state index contributed by atoms with van der Waals surface area (Å²) in [5.41, 5.74) is 0. The number of hydrogen-bond acceptors (Lipinski definition) is 4. The number of carbonyl (C=O) groups excluding carboxylic acids is 3. The number of esters is 1. The quantitative estimate of drug-likeness (QED) is 0.348. The molecule has 0 aromatic rings. The maximum Gasteiger partial charge on any atom is 0.330 e. The minimum atomic E-state index is -0.591. The van der Waals surface area contributed by atoms with Crippen molar-refractivity contribution in [3.8, 4) is 0 Å². The van der Waals surface area contributed by atoms with Crippen LogP contribution in [0.2, 0.25) is 0 Å². The van der Waals surface area contributed by atoms with Crippen LogP contribution in [0.1, 0.15) is 6.92 Å². The van der Waals surface area contributed by atoms with Crippen molar-refractivity contribution in [1.82, 2.24) is 10.6 Å². The van der Waals surface area contributed by atoms with Gasteiger partial charge >= 0.3 is 5.97 Å². The van der Waals surface area contributed by atoms with Crippen molar-refractivity contribution >= 4 is 17.8 Å². The van der Waals surface area contributed by atoms with Crippen molar-refractivity contribution in [1.29, 1.82) is 0 Å². The van der Waals surface area contributed by atoms with Crippen LogP contribution >= 0.6 is 0 Å². The van der Waals surface area contributed by atoms with E-state index in [4.69, 9.17) is 0 Å². The Bertz CT molecular complexity index is 273. The highest BCUT2D eigenvalue weighted by Crippen LogP contribution is 1.78. The fraction of sp³-hybridized carbons (Fsp3) is 0.444. The van der Waals surface area contributed by atoms with Crippen LogP contribution in [0.25, 0.3) is 0 Å². The van der Waals surface area contributed by atoms with Gasteiger partial charge in [0.05, 0.1) is 7.11 Å². The van der Waals surface area contributed by atoms with E-state index in [9.17, 15) is 14.4 Å². The van der Waals surface area contributed by atoms with Gasteiger partial charge in [0.2, 0.25) is 11.8 Å². The van der Waals surface area contributed by atoms with E-state index >= 15 is 0 Å². The Morgan fingerprint density at radius 2 is 1.73 bits per heavy atom. The fourth-order valence-corrected chi connectivity index (χ4v) is 0.695. The van der Waals surface area contributed by atoms with Crippen molar-refractivity contribution in [2.75, 3.05) is 20.2 Å². The van der Waals surface area contributed by atoms with Gasteiger partial charge in [-0.3, -0.25) is 9.59 Å². The number of amides is 2. The summed E-state index contributed by atoms with van der Waals surface area (Å²) in [4.78, 5) is 32.0. The first-order valence-corrected chi connectivity index (χ1v) is 4.34. The molecule has 2 N–H and O–H groups in total. The van der Waals surface area contributed by atoms with E-state index in [1.807, 2.05) is 0 Å². The molecule has 0 saturated heterocycles. The Hall–Kier alpha value is -1.85. The lowest BCUT2D eigenvalue weighted by molar-refractivity contribution is -0.135. The maximum atomic E-state index is 11.0. The zero-order chi connectivity index (χ0) is 11.7. The smallest absolute Gasteiger partial charge is 0.330 e. The van der Waals surface area contributed by atoms with Crippen LogP contribution in [-0.4, -0.2) is 38.0 Å². The van der Waals surface area contributed by atoms with E-state index < -0.39 is 11.9 Å². The average molecular weight is 214 g/mol. The fourth-order valence-electron chi connectivity index (χ4n) is 0.695. The van der Waals surface area contributed by atoms with Gasteiger partial charge in [0.25, 0.3) is 0 Å². The van der Waals surface area contributed by atoms with Crippen LogP contribution in [0, 0.1) is 0 Å². The van der Waals surface area contributed by atoms with Crippen molar-refractivity contribution in [2.24, 2.45) is 0 Å². The minimum absolute atomic E-state index is 0.158. The van der Waals surface area contributed by atoms with Gasteiger partial charge in [-0.1, -0.05) is 0 Å². The van der Waals surface area contributed by atoms with E-state index in [0.29, 0.717) is 13.1 Å². The summed E-state index contributed by atoms with van der Waals surface area (Å²) >= 11 is 0. The monoisotopic (exact) mass is 214 g/mol. The Labute approximate surface area is 87.7 Å². The Morgan fingerprint density at radius 3 is 2.27 bits per heavy atom. The molecule has 0 fully saturated rings. The highest BCUT2D eigenvalue weighted by Gasteiger charge is 1.97. The van der Waals surface area contributed by atoms with Gasteiger partial charge in [0.1, 0.15) is 0 Å². The first-order chi connectivity index (χ1) is 7.06. The lowest BCUT2D eigenvalue weighted by Gasteiger charge is -2.02. The van der Waals surface area contributed by atoms with Crippen LogP contribution in [0.15, 0.2) is 12.2 Å². The van der Waals surface area contributed by atoms with Gasteiger partial charge in [-0.15, -0.1) is 0 Å². The van der Waals surface area contributed by atoms with Crippen molar-refractivity contribution in [3.05, 3.63) is 12.2 Å². The molecule has 0 aromatic heterocycles. The summed E-state index contributed by atoms with van der Waals surface area (Å²) in [5.74, 6) is -1.16.